The van der Waals surface area contributed by atoms with Crippen molar-refractivity contribution in [2.75, 3.05) is 24.8 Å². The number of hydrogen-bond acceptors (Lipinski definition) is 7. The van der Waals surface area contributed by atoms with E-state index in [0.717, 1.165) is 0 Å². The molecule has 2 aromatic rings. The fourth-order valence-electron chi connectivity index (χ4n) is 1.48. The maximum absolute atomic E-state index is 13.5. The fraction of sp³-hybridized carbons (Fsp3) is 0.167. The average Bonchev–Trinajstić information content (AvgIpc) is 2.47. The number of halogens is 1. The number of methoxy groups -OCH3 is 1. The van der Waals surface area contributed by atoms with Gasteiger partial charge < -0.3 is 15.4 Å². The van der Waals surface area contributed by atoms with E-state index in [9.17, 15) is 4.39 Å². The first-order valence-electron chi connectivity index (χ1n) is 5.61. The molecule has 1 aromatic heterocycles. The zero-order valence-electron chi connectivity index (χ0n) is 10.8. The summed E-state index contributed by atoms with van der Waals surface area (Å²) in [6.07, 6.45) is 0. The minimum Gasteiger partial charge on any atom is -0.467 e. The Morgan fingerprint density at radius 2 is 2.00 bits per heavy atom. The van der Waals surface area contributed by atoms with Gasteiger partial charge in [0.15, 0.2) is 0 Å². The highest BCUT2D eigenvalue weighted by Gasteiger charge is 2.11. The minimum absolute atomic E-state index is 0.0989. The zero-order valence-corrected chi connectivity index (χ0v) is 10.8. The maximum Gasteiger partial charge on any atom is 0.322 e. The number of benzene rings is 1. The molecule has 0 saturated heterocycles. The van der Waals surface area contributed by atoms with Crippen LogP contribution >= 0.6 is 0 Å². The first-order chi connectivity index (χ1) is 9.67. The summed E-state index contributed by atoms with van der Waals surface area (Å²) in [4.78, 5) is 12.0. The molecule has 0 aliphatic rings. The van der Waals surface area contributed by atoms with E-state index in [4.69, 9.17) is 10.00 Å². The van der Waals surface area contributed by atoms with Gasteiger partial charge in [-0.05, 0) is 12.1 Å². The van der Waals surface area contributed by atoms with Gasteiger partial charge in [-0.25, -0.2) is 4.39 Å². The molecule has 7 nitrogen and oxygen atoms in total. The van der Waals surface area contributed by atoms with E-state index in [-0.39, 0.29) is 29.2 Å². The van der Waals surface area contributed by atoms with Crippen molar-refractivity contribution in [2.24, 2.45) is 0 Å². The molecule has 2 N–H and O–H groups in total. The number of nitrogens with zero attached hydrogens (tertiary/aromatic N) is 4. The lowest BCUT2D eigenvalue weighted by molar-refractivity contribution is 0.379. The number of nitriles is 1. The zero-order chi connectivity index (χ0) is 14.5. The Labute approximate surface area is 114 Å². The Morgan fingerprint density at radius 3 is 2.65 bits per heavy atom. The summed E-state index contributed by atoms with van der Waals surface area (Å²) < 4.78 is 18.4. The van der Waals surface area contributed by atoms with Gasteiger partial charge >= 0.3 is 6.01 Å². The Bertz CT molecular complexity index is 647. The minimum atomic E-state index is -0.618. The van der Waals surface area contributed by atoms with E-state index in [1.54, 1.807) is 19.2 Å². The molecule has 0 fully saturated rings. The first kappa shape index (κ1) is 13.5. The molecule has 0 bridgehead atoms. The summed E-state index contributed by atoms with van der Waals surface area (Å²) in [6.45, 7) is 0. The first-order valence-corrected chi connectivity index (χ1v) is 5.61. The summed E-state index contributed by atoms with van der Waals surface area (Å²) in [5, 5.41) is 14.5. The number of anilines is 3. The predicted octanol–water partition coefficient (Wildman–Crippen LogP) is 1.68. The predicted molar refractivity (Wildman–Crippen MR) is 70.3 cm³/mol. The molecule has 0 aliphatic carbocycles. The summed E-state index contributed by atoms with van der Waals surface area (Å²) in [7, 11) is 3.06. The average molecular weight is 274 g/mol. The van der Waals surface area contributed by atoms with E-state index in [1.807, 2.05) is 0 Å². The molecule has 0 amide bonds. The van der Waals surface area contributed by atoms with Gasteiger partial charge in [-0.3, -0.25) is 0 Å². The van der Waals surface area contributed by atoms with Crippen molar-refractivity contribution in [3.8, 4) is 12.1 Å². The SMILES string of the molecule is CNc1nc(Nc2cccc(F)c2C#N)nc(OC)n1. The molecular formula is C12H11FN6O. The molecule has 0 saturated carbocycles. The van der Waals surface area contributed by atoms with Crippen molar-refractivity contribution < 1.29 is 9.13 Å². The van der Waals surface area contributed by atoms with Crippen LogP contribution < -0.4 is 15.4 Å². The fourth-order valence-corrected chi connectivity index (χ4v) is 1.48. The van der Waals surface area contributed by atoms with E-state index >= 15 is 0 Å². The molecule has 0 atom stereocenters. The highest BCUT2D eigenvalue weighted by molar-refractivity contribution is 5.63. The summed E-state index contributed by atoms with van der Waals surface area (Å²) in [6, 6.07) is 6.12. The summed E-state index contributed by atoms with van der Waals surface area (Å²) >= 11 is 0. The monoisotopic (exact) mass is 274 g/mol. The Morgan fingerprint density at radius 1 is 1.25 bits per heavy atom. The van der Waals surface area contributed by atoms with Crippen molar-refractivity contribution >= 4 is 17.6 Å². The van der Waals surface area contributed by atoms with Gasteiger partial charge in [-0.15, -0.1) is 0 Å². The molecule has 20 heavy (non-hydrogen) atoms. The number of rotatable bonds is 4. The molecule has 0 unspecified atom stereocenters. The molecule has 0 radical (unpaired) electrons. The topological polar surface area (TPSA) is 95.8 Å². The summed E-state index contributed by atoms with van der Waals surface area (Å²) in [5.41, 5.74) is 0.153. The largest absolute Gasteiger partial charge is 0.467 e. The lowest BCUT2D eigenvalue weighted by Gasteiger charge is -2.09. The number of ether oxygens (including phenoxy) is 1. The second-order valence-corrected chi connectivity index (χ2v) is 3.62. The lowest BCUT2D eigenvalue weighted by atomic mass is 10.2. The molecule has 1 aromatic carbocycles. The highest BCUT2D eigenvalue weighted by atomic mass is 19.1. The van der Waals surface area contributed by atoms with Crippen LogP contribution in [0.15, 0.2) is 18.2 Å². The van der Waals surface area contributed by atoms with Crippen molar-refractivity contribution in [1.82, 2.24) is 15.0 Å². The van der Waals surface area contributed by atoms with Gasteiger partial charge in [0, 0.05) is 7.05 Å². The molecule has 0 aliphatic heterocycles. The van der Waals surface area contributed by atoms with Crippen molar-refractivity contribution in [3.63, 3.8) is 0 Å². The molecule has 8 heteroatoms. The molecule has 102 valence electrons. The van der Waals surface area contributed by atoms with Crippen LogP contribution in [0.3, 0.4) is 0 Å². The maximum atomic E-state index is 13.5. The van der Waals surface area contributed by atoms with E-state index < -0.39 is 5.82 Å². The van der Waals surface area contributed by atoms with Gasteiger partial charge in [0.05, 0.1) is 12.8 Å². The van der Waals surface area contributed by atoms with Gasteiger partial charge in [0.25, 0.3) is 0 Å². The summed E-state index contributed by atoms with van der Waals surface area (Å²) in [5.74, 6) is -0.190. The number of nitrogens with one attached hydrogen (secondary N) is 2. The van der Waals surface area contributed by atoms with Gasteiger partial charge in [-0.1, -0.05) is 6.07 Å². The second-order valence-electron chi connectivity index (χ2n) is 3.62. The van der Waals surface area contributed by atoms with Crippen LogP contribution in [0.5, 0.6) is 6.01 Å². The third kappa shape index (κ3) is 2.72. The third-order valence-corrected chi connectivity index (χ3v) is 2.39. The number of aromatic nitrogens is 3. The van der Waals surface area contributed by atoms with Gasteiger partial charge in [0.1, 0.15) is 17.4 Å². The van der Waals surface area contributed by atoms with Crippen LogP contribution in [0.4, 0.5) is 22.0 Å². The van der Waals surface area contributed by atoms with Crippen molar-refractivity contribution in [2.45, 2.75) is 0 Å². The quantitative estimate of drug-likeness (QED) is 0.875. The Kier molecular flexibility index (Phi) is 3.91. The van der Waals surface area contributed by atoms with Crippen LogP contribution in [0.1, 0.15) is 5.56 Å². The molecule has 1 heterocycles. The van der Waals surface area contributed by atoms with E-state index in [2.05, 4.69) is 25.6 Å². The highest BCUT2D eigenvalue weighted by Crippen LogP contribution is 2.22. The normalized spacial score (nSPS) is 9.70. The standard InChI is InChI=1S/C12H11FN6O/c1-15-10-17-11(19-12(18-10)20-2)16-9-5-3-4-8(13)7(9)6-14/h3-5H,1-2H3,(H2,15,16,17,18,19). The van der Waals surface area contributed by atoms with E-state index in [0.29, 0.717) is 0 Å². The lowest BCUT2D eigenvalue weighted by Crippen LogP contribution is -2.06. The van der Waals surface area contributed by atoms with Crippen LogP contribution in [0, 0.1) is 17.1 Å². The van der Waals surface area contributed by atoms with Crippen LogP contribution in [-0.2, 0) is 0 Å². The molecule has 2 rings (SSSR count). The van der Waals surface area contributed by atoms with Crippen LogP contribution in [0.2, 0.25) is 0 Å². The smallest absolute Gasteiger partial charge is 0.322 e. The third-order valence-electron chi connectivity index (χ3n) is 2.39. The second kappa shape index (κ2) is 5.79. The van der Waals surface area contributed by atoms with Crippen LogP contribution in [0.25, 0.3) is 0 Å². The van der Waals surface area contributed by atoms with Gasteiger partial charge in [0.2, 0.25) is 11.9 Å². The Hall–Kier alpha value is -2.95. The molecule has 0 spiro atoms. The molecular weight excluding hydrogens is 263 g/mol. The Balaban J connectivity index is 2.40. The van der Waals surface area contributed by atoms with Crippen molar-refractivity contribution in [1.29, 1.82) is 5.26 Å². The van der Waals surface area contributed by atoms with Crippen molar-refractivity contribution in [3.05, 3.63) is 29.6 Å². The number of hydrogen-bond donors (Lipinski definition) is 2. The van der Waals surface area contributed by atoms with Gasteiger partial charge in [-0.2, -0.15) is 20.2 Å². The van der Waals surface area contributed by atoms with E-state index in [1.165, 1.54) is 19.2 Å². The van der Waals surface area contributed by atoms with Crippen LogP contribution in [-0.4, -0.2) is 29.1 Å².